The molecule has 2 aromatic carbocycles. The van der Waals surface area contributed by atoms with Gasteiger partial charge in [-0.25, -0.2) is 0 Å². The van der Waals surface area contributed by atoms with Gasteiger partial charge < -0.3 is 20.5 Å². The number of carbonyl (C=O) groups is 3. The number of carbonyl (C=O) groups excluding carboxylic acids is 3. The maximum atomic E-state index is 12.4. The van der Waals surface area contributed by atoms with Gasteiger partial charge in [0.1, 0.15) is 6.04 Å². The van der Waals surface area contributed by atoms with Crippen LogP contribution in [0.1, 0.15) is 17.2 Å². The van der Waals surface area contributed by atoms with Gasteiger partial charge in [0.2, 0.25) is 0 Å². The molecule has 1 aliphatic rings. The SMILES string of the molecule is CN1C(=O)[C@H](NC(=O)C(=O)NCCc2c[nH]c3ccccc23)c2ccccc21. The molecule has 1 aromatic heterocycles. The second kappa shape index (κ2) is 7.19. The molecule has 0 aliphatic carbocycles. The number of aromatic amines is 1. The number of benzene rings is 2. The molecule has 0 saturated carbocycles. The van der Waals surface area contributed by atoms with Crippen molar-refractivity contribution in [2.24, 2.45) is 0 Å². The molecule has 0 spiro atoms. The van der Waals surface area contributed by atoms with Crippen LogP contribution in [0.15, 0.2) is 54.7 Å². The maximum Gasteiger partial charge on any atom is 0.310 e. The summed E-state index contributed by atoms with van der Waals surface area (Å²) in [5, 5.41) is 6.25. The highest BCUT2D eigenvalue weighted by Crippen LogP contribution is 2.34. The number of H-pyrrole nitrogens is 1. The number of hydrogen-bond acceptors (Lipinski definition) is 3. The van der Waals surface area contributed by atoms with Crippen molar-refractivity contribution in [1.29, 1.82) is 0 Å². The zero-order valence-electron chi connectivity index (χ0n) is 15.4. The first-order chi connectivity index (χ1) is 13.6. The van der Waals surface area contributed by atoms with Crippen molar-refractivity contribution in [1.82, 2.24) is 15.6 Å². The predicted octanol–water partition coefficient (Wildman–Crippen LogP) is 1.66. The van der Waals surface area contributed by atoms with Crippen LogP contribution in [0.5, 0.6) is 0 Å². The van der Waals surface area contributed by atoms with Gasteiger partial charge in [0, 0.05) is 41.9 Å². The van der Waals surface area contributed by atoms with Crippen LogP contribution < -0.4 is 15.5 Å². The van der Waals surface area contributed by atoms with Gasteiger partial charge >= 0.3 is 11.8 Å². The second-order valence-electron chi connectivity index (χ2n) is 6.73. The lowest BCUT2D eigenvalue weighted by molar-refractivity contribution is -0.140. The molecule has 1 aliphatic heterocycles. The normalized spacial score (nSPS) is 15.5. The summed E-state index contributed by atoms with van der Waals surface area (Å²) in [7, 11) is 1.65. The number of para-hydroxylation sites is 2. The van der Waals surface area contributed by atoms with Crippen LogP contribution in [-0.2, 0) is 20.8 Å². The molecule has 2 heterocycles. The van der Waals surface area contributed by atoms with Gasteiger partial charge in [0.25, 0.3) is 5.91 Å². The highest BCUT2D eigenvalue weighted by Gasteiger charge is 2.36. The Labute approximate surface area is 161 Å². The van der Waals surface area contributed by atoms with E-state index in [1.807, 2.05) is 36.5 Å². The number of fused-ring (bicyclic) bond motifs is 2. The number of rotatable bonds is 4. The number of nitrogens with one attached hydrogen (secondary N) is 3. The summed E-state index contributed by atoms with van der Waals surface area (Å²) >= 11 is 0. The number of anilines is 1. The van der Waals surface area contributed by atoms with Gasteiger partial charge in [-0.2, -0.15) is 0 Å². The van der Waals surface area contributed by atoms with E-state index in [4.69, 9.17) is 0 Å². The third-order valence-electron chi connectivity index (χ3n) is 5.02. The summed E-state index contributed by atoms with van der Waals surface area (Å²) in [5.41, 5.74) is 3.52. The van der Waals surface area contributed by atoms with Crippen LogP contribution in [0.3, 0.4) is 0 Å². The lowest BCUT2D eigenvalue weighted by atomic mass is 10.1. The molecule has 0 radical (unpaired) electrons. The summed E-state index contributed by atoms with van der Waals surface area (Å²) in [4.78, 5) is 41.5. The van der Waals surface area contributed by atoms with E-state index in [1.165, 1.54) is 4.90 Å². The van der Waals surface area contributed by atoms with Crippen molar-refractivity contribution in [2.75, 3.05) is 18.5 Å². The van der Waals surface area contributed by atoms with Crippen molar-refractivity contribution in [2.45, 2.75) is 12.5 Å². The predicted molar refractivity (Wildman–Crippen MR) is 106 cm³/mol. The molecular weight excluding hydrogens is 356 g/mol. The quantitative estimate of drug-likeness (QED) is 0.605. The van der Waals surface area contributed by atoms with Crippen LogP contribution in [0.2, 0.25) is 0 Å². The smallest absolute Gasteiger partial charge is 0.310 e. The molecular formula is C21H20N4O3. The van der Waals surface area contributed by atoms with Crippen LogP contribution in [0.4, 0.5) is 5.69 Å². The molecule has 3 amide bonds. The summed E-state index contributed by atoms with van der Waals surface area (Å²) in [6, 6.07) is 14.3. The van der Waals surface area contributed by atoms with Gasteiger partial charge in [-0.05, 0) is 24.1 Å². The molecule has 4 rings (SSSR count). The Morgan fingerprint density at radius 3 is 2.68 bits per heavy atom. The molecule has 3 N–H and O–H groups in total. The minimum absolute atomic E-state index is 0.263. The van der Waals surface area contributed by atoms with Gasteiger partial charge in [0.05, 0.1) is 0 Å². The average Bonchev–Trinajstić information content (AvgIpc) is 3.23. The minimum atomic E-state index is -0.840. The molecule has 0 fully saturated rings. The summed E-state index contributed by atoms with van der Waals surface area (Å²) in [5.74, 6) is -1.83. The number of hydrogen-bond donors (Lipinski definition) is 3. The second-order valence-corrected chi connectivity index (χ2v) is 6.73. The molecule has 7 nitrogen and oxygen atoms in total. The molecule has 3 aromatic rings. The van der Waals surface area contributed by atoms with E-state index in [0.717, 1.165) is 22.2 Å². The fraction of sp³-hybridized carbons (Fsp3) is 0.190. The van der Waals surface area contributed by atoms with Crippen LogP contribution in [0.25, 0.3) is 10.9 Å². The van der Waals surface area contributed by atoms with Crippen LogP contribution in [-0.4, -0.2) is 36.3 Å². The van der Waals surface area contributed by atoms with Gasteiger partial charge in [-0.15, -0.1) is 0 Å². The molecule has 1 atom stereocenters. The summed E-state index contributed by atoms with van der Waals surface area (Å²) in [6.45, 7) is 0.323. The van der Waals surface area contributed by atoms with E-state index in [9.17, 15) is 14.4 Å². The Kier molecular flexibility index (Phi) is 4.57. The molecule has 0 unspecified atom stereocenters. The lowest BCUT2D eigenvalue weighted by Gasteiger charge is -2.13. The summed E-state index contributed by atoms with van der Waals surface area (Å²) < 4.78 is 0. The zero-order chi connectivity index (χ0) is 19.7. The van der Waals surface area contributed by atoms with Crippen molar-refractivity contribution >= 4 is 34.3 Å². The third-order valence-corrected chi connectivity index (χ3v) is 5.02. The van der Waals surface area contributed by atoms with Crippen molar-refractivity contribution < 1.29 is 14.4 Å². The highest BCUT2D eigenvalue weighted by atomic mass is 16.2. The third kappa shape index (κ3) is 3.11. The molecule has 142 valence electrons. The van der Waals surface area contributed by atoms with Crippen molar-refractivity contribution in [3.05, 3.63) is 65.9 Å². The largest absolute Gasteiger partial charge is 0.361 e. The van der Waals surface area contributed by atoms with E-state index in [0.29, 0.717) is 18.5 Å². The first-order valence-corrected chi connectivity index (χ1v) is 9.06. The fourth-order valence-corrected chi connectivity index (χ4v) is 3.55. The molecule has 28 heavy (non-hydrogen) atoms. The van der Waals surface area contributed by atoms with E-state index in [1.54, 1.807) is 25.2 Å². The van der Waals surface area contributed by atoms with E-state index in [-0.39, 0.29) is 5.91 Å². The number of amides is 3. The van der Waals surface area contributed by atoms with Gasteiger partial charge in [0.15, 0.2) is 0 Å². The van der Waals surface area contributed by atoms with Gasteiger partial charge in [-0.3, -0.25) is 14.4 Å². The standard InChI is InChI=1S/C21H20N4O3/c1-25-17-9-5-3-7-15(17)18(21(25)28)24-20(27)19(26)22-11-10-13-12-23-16-8-4-2-6-14(13)16/h2-9,12,18,23H,10-11H2,1H3,(H,22,26)(H,24,27)/t18-/m1/s1. The number of likely N-dealkylation sites (N-methyl/N-ethyl adjacent to an activating group) is 1. The Morgan fingerprint density at radius 2 is 1.82 bits per heavy atom. The zero-order valence-corrected chi connectivity index (χ0v) is 15.4. The topological polar surface area (TPSA) is 94.3 Å². The molecule has 7 heteroatoms. The number of aromatic nitrogens is 1. The van der Waals surface area contributed by atoms with E-state index in [2.05, 4.69) is 15.6 Å². The molecule has 0 bridgehead atoms. The Morgan fingerprint density at radius 1 is 1.07 bits per heavy atom. The first-order valence-electron chi connectivity index (χ1n) is 9.06. The lowest BCUT2D eigenvalue weighted by Crippen LogP contribution is -2.44. The van der Waals surface area contributed by atoms with Crippen LogP contribution >= 0.6 is 0 Å². The maximum absolute atomic E-state index is 12.4. The number of nitrogens with zero attached hydrogens (tertiary/aromatic N) is 1. The highest BCUT2D eigenvalue weighted by molar-refractivity contribution is 6.35. The Bertz CT molecular complexity index is 1070. The average molecular weight is 376 g/mol. The minimum Gasteiger partial charge on any atom is -0.361 e. The van der Waals surface area contributed by atoms with Crippen molar-refractivity contribution in [3.8, 4) is 0 Å². The van der Waals surface area contributed by atoms with E-state index < -0.39 is 17.9 Å². The molecule has 0 saturated heterocycles. The van der Waals surface area contributed by atoms with Gasteiger partial charge in [-0.1, -0.05) is 36.4 Å². The van der Waals surface area contributed by atoms with E-state index >= 15 is 0 Å². The Balaban J connectivity index is 1.35. The monoisotopic (exact) mass is 376 g/mol. The van der Waals surface area contributed by atoms with Crippen molar-refractivity contribution in [3.63, 3.8) is 0 Å². The fourth-order valence-electron chi connectivity index (χ4n) is 3.55. The van der Waals surface area contributed by atoms with Crippen LogP contribution in [0, 0.1) is 0 Å². The first kappa shape index (κ1) is 17.8. The Hall–Kier alpha value is -3.61. The summed E-state index contributed by atoms with van der Waals surface area (Å²) in [6.07, 6.45) is 2.50.